The molecule has 0 saturated carbocycles. The summed E-state index contributed by atoms with van der Waals surface area (Å²) in [5.41, 5.74) is -0.113. The Hall–Kier alpha value is 0.260. The first-order valence-electron chi connectivity index (χ1n) is 7.42. The largest absolute Gasteiger partial charge is 0.497 e. The second-order valence-corrected chi connectivity index (χ2v) is 14.1. The summed E-state index contributed by atoms with van der Waals surface area (Å²) in [6.45, 7) is 5.27. The summed E-state index contributed by atoms with van der Waals surface area (Å²) >= 11 is 1.05. The number of para-hydroxylation sites is 1. The third kappa shape index (κ3) is 11.4. The van der Waals surface area contributed by atoms with E-state index in [0.29, 0.717) is 4.75 Å². The van der Waals surface area contributed by atoms with Crippen LogP contribution in [0.3, 0.4) is 0 Å². The Kier molecular flexibility index (Phi) is 11.9. The predicted octanol–water partition coefficient (Wildman–Crippen LogP) is 6.19. The maximum absolute atomic E-state index is 10.8. The van der Waals surface area contributed by atoms with Crippen molar-refractivity contribution in [2.24, 2.45) is 0 Å². The molecule has 1 aromatic rings. The molecule has 1 aromatic carbocycles. The number of rotatable bonds is 3. The van der Waals surface area contributed by atoms with Crippen molar-refractivity contribution in [3.63, 3.8) is 0 Å². The van der Waals surface area contributed by atoms with Crippen molar-refractivity contribution in [1.29, 1.82) is 0 Å². The highest BCUT2D eigenvalue weighted by molar-refractivity contribution is 8.77. The van der Waals surface area contributed by atoms with Gasteiger partial charge in [-0.2, -0.15) is 0 Å². The van der Waals surface area contributed by atoms with Crippen molar-refractivity contribution in [2.75, 3.05) is 19.1 Å². The van der Waals surface area contributed by atoms with Crippen LogP contribution in [-0.4, -0.2) is 34.4 Å². The van der Waals surface area contributed by atoms with Gasteiger partial charge in [-0.3, -0.25) is 4.57 Å². The summed E-state index contributed by atoms with van der Waals surface area (Å²) in [6, 6.07) is 9.68. The molecule has 2 rings (SSSR count). The third-order valence-corrected chi connectivity index (χ3v) is 11.0. The van der Waals surface area contributed by atoms with E-state index in [1.165, 1.54) is 12.2 Å². The number of hydrogen-bond acceptors (Lipinski definition) is 5. The lowest BCUT2D eigenvalue weighted by molar-refractivity contribution is 0.415. The Morgan fingerprint density at radius 2 is 1.87 bits per heavy atom. The normalized spacial score (nSPS) is 18.1. The molecule has 23 heavy (non-hydrogen) atoms. The first kappa shape index (κ1) is 23.3. The fraction of sp³-hybridized carbons (Fsp3) is 0.625. The van der Waals surface area contributed by atoms with Gasteiger partial charge in [0, 0.05) is 16.2 Å². The highest BCUT2D eigenvalue weighted by Crippen LogP contribution is 2.56. The van der Waals surface area contributed by atoms with E-state index in [-0.39, 0.29) is 5.66 Å². The molecule has 0 aromatic heterocycles. The lowest BCUT2D eigenvalue weighted by atomic mass is 10.1. The topological polar surface area (TPSA) is 46.5 Å². The van der Waals surface area contributed by atoms with Crippen LogP contribution in [0.1, 0.15) is 34.1 Å². The molecule has 3 nitrogen and oxygen atoms in total. The van der Waals surface area contributed by atoms with Crippen LogP contribution in [-0.2, 0) is 4.57 Å². The van der Waals surface area contributed by atoms with Crippen molar-refractivity contribution in [3.8, 4) is 5.75 Å². The average molecular weight is 397 g/mol. The van der Waals surface area contributed by atoms with Crippen molar-refractivity contribution >= 4 is 39.5 Å². The van der Waals surface area contributed by atoms with Crippen LogP contribution in [0.5, 0.6) is 5.75 Å². The molecule has 7 heteroatoms. The summed E-state index contributed by atoms with van der Waals surface area (Å²) in [6.07, 6.45) is 3.03. The van der Waals surface area contributed by atoms with Gasteiger partial charge in [0.25, 0.3) is 6.57 Å². The van der Waals surface area contributed by atoms with Gasteiger partial charge in [-0.1, -0.05) is 65.0 Å². The van der Waals surface area contributed by atoms with E-state index in [4.69, 9.17) is 9.63 Å². The fourth-order valence-electron chi connectivity index (χ4n) is 1.30. The zero-order chi connectivity index (χ0) is 17.9. The summed E-state index contributed by atoms with van der Waals surface area (Å²) in [4.78, 5) is 8.92. The molecule has 134 valence electrons. The molecule has 1 atom stereocenters. The molecular formula is C16H29O3PS3. The molecule has 0 radical (unpaired) electrons. The smallest absolute Gasteiger partial charge is 0.257 e. The van der Waals surface area contributed by atoms with Crippen LogP contribution in [0.15, 0.2) is 30.3 Å². The standard InChI is InChI=1S/C7H8O.C5H10S2.C4H11O2PS/c1-8-7-5-3-2-4-6-7;1-5(2)3-4-6-7-5;1-4(2)7(5,6)8-3/h2-6H,1H3;3-4H2,1-2H3;4H,1-3H3,(H,5,6). The van der Waals surface area contributed by atoms with E-state index in [1.807, 2.05) is 51.9 Å². The van der Waals surface area contributed by atoms with E-state index in [0.717, 1.165) is 17.1 Å². The molecule has 0 amide bonds. The van der Waals surface area contributed by atoms with Crippen LogP contribution in [0.2, 0.25) is 0 Å². The first-order valence-corrected chi connectivity index (χ1v) is 13.3. The molecule has 1 saturated heterocycles. The van der Waals surface area contributed by atoms with Crippen molar-refractivity contribution in [3.05, 3.63) is 30.3 Å². The van der Waals surface area contributed by atoms with Crippen molar-refractivity contribution in [1.82, 2.24) is 0 Å². The van der Waals surface area contributed by atoms with Crippen LogP contribution in [0.4, 0.5) is 0 Å². The molecule has 1 unspecified atom stereocenters. The second kappa shape index (κ2) is 11.8. The second-order valence-electron chi connectivity index (χ2n) is 5.77. The summed E-state index contributed by atoms with van der Waals surface area (Å²) in [7, 11) is 5.68. The Morgan fingerprint density at radius 1 is 1.30 bits per heavy atom. The molecule has 1 heterocycles. The van der Waals surface area contributed by atoms with E-state index in [2.05, 4.69) is 13.8 Å². The highest BCUT2D eigenvalue weighted by atomic mass is 33.1. The van der Waals surface area contributed by atoms with E-state index < -0.39 is 6.57 Å². The van der Waals surface area contributed by atoms with Gasteiger partial charge in [-0.05, 0) is 38.7 Å². The van der Waals surface area contributed by atoms with Gasteiger partial charge in [0.2, 0.25) is 0 Å². The number of ether oxygens (including phenoxy) is 1. The zero-order valence-corrected chi connectivity index (χ0v) is 18.2. The number of hydrogen-bond donors (Lipinski definition) is 1. The van der Waals surface area contributed by atoms with Crippen LogP contribution < -0.4 is 4.74 Å². The molecule has 0 aliphatic carbocycles. The van der Waals surface area contributed by atoms with Crippen molar-refractivity contribution < 1.29 is 14.2 Å². The monoisotopic (exact) mass is 396 g/mol. The first-order chi connectivity index (χ1) is 10.6. The van der Waals surface area contributed by atoms with Crippen LogP contribution in [0.25, 0.3) is 0 Å². The van der Waals surface area contributed by atoms with Gasteiger partial charge in [0.15, 0.2) is 0 Å². The Morgan fingerprint density at radius 3 is 2.04 bits per heavy atom. The predicted molar refractivity (Wildman–Crippen MR) is 110 cm³/mol. The van der Waals surface area contributed by atoms with Gasteiger partial charge >= 0.3 is 0 Å². The van der Waals surface area contributed by atoms with Gasteiger partial charge in [0.1, 0.15) is 5.75 Å². The molecule has 0 bridgehead atoms. The van der Waals surface area contributed by atoms with E-state index in [1.54, 1.807) is 27.2 Å². The van der Waals surface area contributed by atoms with Gasteiger partial charge < -0.3 is 9.63 Å². The van der Waals surface area contributed by atoms with Crippen LogP contribution in [0, 0.1) is 0 Å². The molecular weight excluding hydrogens is 367 g/mol. The molecule has 1 N–H and O–H groups in total. The van der Waals surface area contributed by atoms with Crippen molar-refractivity contribution in [2.45, 2.75) is 44.5 Å². The molecule has 1 aliphatic heterocycles. The highest BCUT2D eigenvalue weighted by Gasteiger charge is 2.23. The van der Waals surface area contributed by atoms with Gasteiger partial charge in [-0.15, -0.1) is 0 Å². The van der Waals surface area contributed by atoms with Crippen LogP contribution >= 0.6 is 39.5 Å². The lowest BCUT2D eigenvalue weighted by Crippen LogP contribution is -2.07. The fourth-order valence-corrected chi connectivity index (χ4v) is 6.00. The van der Waals surface area contributed by atoms with E-state index >= 15 is 0 Å². The van der Waals surface area contributed by atoms with Gasteiger partial charge in [-0.25, -0.2) is 0 Å². The Balaban J connectivity index is 0.000000316. The van der Waals surface area contributed by atoms with Gasteiger partial charge in [0.05, 0.1) is 7.11 Å². The molecule has 0 spiro atoms. The summed E-state index contributed by atoms with van der Waals surface area (Å²) in [5.74, 6) is 2.25. The quantitative estimate of drug-likeness (QED) is 0.486. The zero-order valence-electron chi connectivity index (χ0n) is 14.8. The molecule has 1 fully saturated rings. The third-order valence-electron chi connectivity index (χ3n) is 2.97. The summed E-state index contributed by atoms with van der Waals surface area (Å²) in [5, 5.41) is 0. The summed E-state index contributed by atoms with van der Waals surface area (Å²) < 4.78 is 16.3. The minimum absolute atomic E-state index is 0.113. The van der Waals surface area contributed by atoms with E-state index in [9.17, 15) is 4.57 Å². The SMILES string of the molecule is CC1(C)CCSS1.COc1ccccc1.CSP(=O)(O)C(C)C. The maximum Gasteiger partial charge on any atom is 0.257 e. The Labute approximate surface area is 153 Å². The number of benzene rings is 1. The minimum atomic E-state index is -2.83. The lowest BCUT2D eigenvalue weighted by Gasteiger charge is -2.11. The molecule has 1 aliphatic rings. The average Bonchev–Trinajstić information content (AvgIpc) is 2.93. The number of methoxy groups -OCH3 is 1. The Bertz CT molecular complexity index is 459. The maximum atomic E-state index is 10.8. The minimum Gasteiger partial charge on any atom is -0.497 e.